The minimum atomic E-state index is -3.14. The van der Waals surface area contributed by atoms with E-state index in [0.717, 1.165) is 0 Å². The van der Waals surface area contributed by atoms with E-state index in [0.29, 0.717) is 6.61 Å². The molecule has 0 atom stereocenters. The van der Waals surface area contributed by atoms with Crippen LogP contribution in [0.3, 0.4) is 0 Å². The van der Waals surface area contributed by atoms with Crippen LogP contribution >= 0.6 is 0 Å². The first kappa shape index (κ1) is 23.1. The van der Waals surface area contributed by atoms with Gasteiger partial charge in [-0.15, -0.1) is 0 Å². The Hall–Kier alpha value is -4.57. The fourth-order valence-corrected chi connectivity index (χ4v) is 2.44. The van der Waals surface area contributed by atoms with Crippen LogP contribution in [0.4, 0.5) is 0 Å². The molecule has 0 fully saturated rings. The predicted octanol–water partition coefficient (Wildman–Crippen LogP) is 2.48. The molecule has 10 nitrogen and oxygen atoms in total. The van der Waals surface area contributed by atoms with Crippen molar-refractivity contribution >= 4 is 17.9 Å². The van der Waals surface area contributed by atoms with Crippen LogP contribution in [0.2, 0.25) is 0 Å². The number of phenolic OH excluding ortho intramolecular Hbond substituents is 3. The van der Waals surface area contributed by atoms with Gasteiger partial charge in [0.25, 0.3) is 6.61 Å². The number of carbonyl (C=O) groups is 3. The highest BCUT2D eigenvalue weighted by Gasteiger charge is 2.40. The number of carbonyl (C=O) groups excluding carboxylic acids is 3. The number of aliphatic hydroxyl groups is 1. The van der Waals surface area contributed by atoms with Crippen LogP contribution in [0.1, 0.15) is 31.1 Å². The Morgan fingerprint density at radius 3 is 1.21 bits per heavy atom. The molecule has 0 bridgehead atoms. The molecule has 0 saturated heterocycles. The van der Waals surface area contributed by atoms with E-state index in [9.17, 15) is 34.8 Å². The maximum atomic E-state index is 12.4. The molecule has 0 aliphatic heterocycles. The number of phenols is 3. The van der Waals surface area contributed by atoms with Gasteiger partial charge in [-0.25, -0.2) is 14.4 Å². The van der Waals surface area contributed by atoms with Crippen molar-refractivity contribution in [2.24, 2.45) is 0 Å². The molecule has 0 spiro atoms. The van der Waals surface area contributed by atoms with Gasteiger partial charge in [-0.3, -0.25) is 0 Å². The third kappa shape index (κ3) is 6.21. The smallest absolute Gasteiger partial charge is 0.417 e. The number of esters is 3. The lowest BCUT2D eigenvalue weighted by Crippen LogP contribution is -2.42. The van der Waals surface area contributed by atoms with E-state index in [4.69, 9.17) is 14.2 Å². The summed E-state index contributed by atoms with van der Waals surface area (Å²) in [5, 5.41) is 38.6. The van der Waals surface area contributed by atoms with Crippen LogP contribution in [0, 0.1) is 6.61 Å². The van der Waals surface area contributed by atoms with Crippen molar-refractivity contribution in [1.82, 2.24) is 0 Å². The summed E-state index contributed by atoms with van der Waals surface area (Å²) in [6.45, 7) is 0.304. The van der Waals surface area contributed by atoms with Gasteiger partial charge in [0.1, 0.15) is 17.2 Å². The topological polar surface area (TPSA) is 160 Å². The van der Waals surface area contributed by atoms with E-state index < -0.39 is 23.9 Å². The third-order valence-corrected chi connectivity index (χ3v) is 4.10. The van der Waals surface area contributed by atoms with Gasteiger partial charge in [0.05, 0.1) is 16.7 Å². The summed E-state index contributed by atoms with van der Waals surface area (Å²) in [6.07, 6.45) is 0. The van der Waals surface area contributed by atoms with Gasteiger partial charge >= 0.3 is 23.9 Å². The average Bonchev–Trinajstić information content (AvgIpc) is 2.78. The summed E-state index contributed by atoms with van der Waals surface area (Å²) < 4.78 is 14.5. The fourth-order valence-electron chi connectivity index (χ4n) is 2.44. The lowest BCUT2D eigenvalue weighted by atomic mass is 10.2. The Morgan fingerprint density at radius 2 is 0.879 bits per heavy atom. The molecule has 3 rings (SSSR count). The first-order valence-corrected chi connectivity index (χ1v) is 9.27. The van der Waals surface area contributed by atoms with Crippen LogP contribution in [0.5, 0.6) is 17.2 Å². The maximum Gasteiger partial charge on any atom is 0.417 e. The van der Waals surface area contributed by atoms with Crippen molar-refractivity contribution in [2.75, 3.05) is 0 Å². The monoisotopic (exact) mass is 453 g/mol. The highest BCUT2D eigenvalue weighted by atomic mass is 16.9. The number of aromatic hydroxyl groups is 3. The molecule has 169 valence electrons. The molecule has 0 aliphatic rings. The van der Waals surface area contributed by atoms with Crippen LogP contribution in [0.15, 0.2) is 72.8 Å². The first-order chi connectivity index (χ1) is 15.6. The van der Waals surface area contributed by atoms with Crippen molar-refractivity contribution < 1.29 is 49.0 Å². The quantitative estimate of drug-likeness (QED) is 0.309. The van der Waals surface area contributed by atoms with Crippen LogP contribution in [-0.4, -0.2) is 44.3 Å². The standard InChI is InChI=1S/C23H17O10/c24-17-7-1-14(2-8-17)20(27)31-13-23(30,32-21(28)15-3-9-18(25)10-4-15)33-22(29)16-5-11-19(26)12-6-16/h1-13,24-26,30H. The second-order valence-corrected chi connectivity index (χ2v) is 6.57. The van der Waals surface area contributed by atoms with Crippen molar-refractivity contribution in [2.45, 2.75) is 5.97 Å². The molecule has 1 radical (unpaired) electrons. The largest absolute Gasteiger partial charge is 0.508 e. The Balaban J connectivity index is 1.79. The third-order valence-electron chi connectivity index (χ3n) is 4.10. The molecule has 10 heteroatoms. The highest BCUT2D eigenvalue weighted by Crippen LogP contribution is 2.22. The van der Waals surface area contributed by atoms with Crippen LogP contribution in [0.25, 0.3) is 0 Å². The van der Waals surface area contributed by atoms with E-state index in [-0.39, 0.29) is 33.9 Å². The van der Waals surface area contributed by atoms with Gasteiger partial charge in [0.15, 0.2) is 0 Å². The fraction of sp³-hybridized carbons (Fsp3) is 0.0435. The lowest BCUT2D eigenvalue weighted by Gasteiger charge is -2.25. The molecule has 0 unspecified atom stereocenters. The van der Waals surface area contributed by atoms with Crippen molar-refractivity contribution in [1.29, 1.82) is 0 Å². The molecule has 0 saturated carbocycles. The molecular weight excluding hydrogens is 436 g/mol. The molecular formula is C23H17O10. The molecule has 0 aliphatic carbocycles. The summed E-state index contributed by atoms with van der Waals surface area (Å²) in [5.74, 6) is -6.87. The Bertz CT molecular complexity index is 1080. The molecule has 4 N–H and O–H groups in total. The summed E-state index contributed by atoms with van der Waals surface area (Å²) in [5.41, 5.74) is -0.267. The minimum Gasteiger partial charge on any atom is -0.508 e. The normalized spacial score (nSPS) is 10.8. The van der Waals surface area contributed by atoms with E-state index in [1.807, 2.05) is 0 Å². The van der Waals surface area contributed by atoms with E-state index in [1.165, 1.54) is 72.8 Å². The SMILES string of the molecule is O=C(O[CH]C(O)(OC(=O)c1ccc(O)cc1)OC(=O)c1ccc(O)cc1)c1ccc(O)cc1. The molecule has 0 amide bonds. The van der Waals surface area contributed by atoms with Gasteiger partial charge in [-0.1, -0.05) is 0 Å². The lowest BCUT2D eigenvalue weighted by molar-refractivity contribution is -0.296. The van der Waals surface area contributed by atoms with E-state index in [2.05, 4.69) is 0 Å². The number of benzene rings is 3. The van der Waals surface area contributed by atoms with Crippen molar-refractivity contribution in [3.05, 3.63) is 96.1 Å². The zero-order valence-electron chi connectivity index (χ0n) is 16.7. The summed E-state index contributed by atoms with van der Waals surface area (Å²) in [7, 11) is 0. The number of hydrogen-bond acceptors (Lipinski definition) is 10. The predicted molar refractivity (Wildman–Crippen MR) is 110 cm³/mol. The van der Waals surface area contributed by atoms with Gasteiger partial charge in [-0.2, -0.15) is 0 Å². The summed E-state index contributed by atoms with van der Waals surface area (Å²) >= 11 is 0. The molecule has 0 aromatic heterocycles. The second kappa shape index (κ2) is 9.71. The zero-order valence-corrected chi connectivity index (χ0v) is 16.7. The highest BCUT2D eigenvalue weighted by molar-refractivity contribution is 5.92. The van der Waals surface area contributed by atoms with Gasteiger partial charge in [0.2, 0.25) is 0 Å². The van der Waals surface area contributed by atoms with Crippen LogP contribution in [-0.2, 0) is 14.2 Å². The summed E-state index contributed by atoms with van der Waals surface area (Å²) in [4.78, 5) is 37.0. The first-order valence-electron chi connectivity index (χ1n) is 9.27. The maximum absolute atomic E-state index is 12.4. The van der Waals surface area contributed by atoms with Crippen molar-refractivity contribution in [3.8, 4) is 17.2 Å². The van der Waals surface area contributed by atoms with Gasteiger partial charge in [0, 0.05) is 0 Å². The Labute approximate surface area is 186 Å². The van der Waals surface area contributed by atoms with Crippen molar-refractivity contribution in [3.63, 3.8) is 0 Å². The van der Waals surface area contributed by atoms with Gasteiger partial charge < -0.3 is 34.6 Å². The number of rotatable bonds is 7. The minimum absolute atomic E-state index is 0.0267. The number of ether oxygens (including phenoxy) is 3. The molecule has 33 heavy (non-hydrogen) atoms. The number of hydrogen-bond donors (Lipinski definition) is 4. The zero-order chi connectivity index (χ0) is 24.0. The average molecular weight is 453 g/mol. The summed E-state index contributed by atoms with van der Waals surface area (Å²) in [6, 6.07) is 14.4. The van der Waals surface area contributed by atoms with Gasteiger partial charge in [-0.05, 0) is 72.8 Å². The Kier molecular flexibility index (Phi) is 6.79. The van der Waals surface area contributed by atoms with Crippen LogP contribution < -0.4 is 0 Å². The van der Waals surface area contributed by atoms with E-state index >= 15 is 0 Å². The Morgan fingerprint density at radius 1 is 0.576 bits per heavy atom. The molecule has 3 aromatic rings. The second-order valence-electron chi connectivity index (χ2n) is 6.57. The molecule has 0 heterocycles. The van der Waals surface area contributed by atoms with E-state index in [1.54, 1.807) is 0 Å². The molecule has 3 aromatic carbocycles.